The highest BCUT2D eigenvalue weighted by Gasteiger charge is 2.42. The molecular weight excluding hydrogens is 268 g/mol. The Morgan fingerprint density at radius 1 is 1.38 bits per heavy atom. The van der Waals surface area contributed by atoms with Crippen LogP contribution in [0.4, 0.5) is 0 Å². The highest BCUT2D eigenvalue weighted by Crippen LogP contribution is 2.32. The van der Waals surface area contributed by atoms with Crippen molar-refractivity contribution in [3.8, 4) is 0 Å². The Balaban J connectivity index is 2.83. The van der Waals surface area contributed by atoms with Crippen LogP contribution in [0.25, 0.3) is 0 Å². The van der Waals surface area contributed by atoms with Crippen molar-refractivity contribution in [3.63, 3.8) is 0 Å². The fraction of sp³-hybridized carbons (Fsp3) is 0.938. The van der Waals surface area contributed by atoms with E-state index < -0.39 is 5.54 Å². The Morgan fingerprint density at radius 2 is 2.05 bits per heavy atom. The number of carbonyl (C=O) groups excluding carboxylic acids is 1. The summed E-state index contributed by atoms with van der Waals surface area (Å²) in [7, 11) is 3.15. The lowest BCUT2D eigenvalue weighted by Crippen LogP contribution is -2.57. The zero-order valence-electron chi connectivity index (χ0n) is 14.1. The van der Waals surface area contributed by atoms with Crippen LogP contribution < -0.4 is 5.73 Å². The Labute approximate surface area is 129 Å². The topological polar surface area (TPSA) is 64.8 Å². The van der Waals surface area contributed by atoms with Crippen LogP contribution >= 0.6 is 0 Å². The second-order valence-electron chi connectivity index (χ2n) is 6.10. The van der Waals surface area contributed by atoms with Crippen molar-refractivity contribution in [3.05, 3.63) is 0 Å². The van der Waals surface area contributed by atoms with Gasteiger partial charge in [-0.15, -0.1) is 0 Å². The van der Waals surface area contributed by atoms with Crippen molar-refractivity contribution >= 4 is 5.97 Å². The number of carbonyl (C=O) groups is 1. The zero-order chi connectivity index (χ0) is 15.9. The van der Waals surface area contributed by atoms with E-state index in [-0.39, 0.29) is 5.97 Å². The molecular formula is C16H32N2O3. The lowest BCUT2D eigenvalue weighted by atomic mass is 9.78. The molecule has 1 aliphatic carbocycles. The molecule has 1 aliphatic rings. The molecule has 0 aliphatic heterocycles. The van der Waals surface area contributed by atoms with Crippen LogP contribution in [-0.2, 0) is 14.3 Å². The van der Waals surface area contributed by atoms with Gasteiger partial charge in [0.25, 0.3) is 0 Å². The van der Waals surface area contributed by atoms with Gasteiger partial charge in [-0.2, -0.15) is 0 Å². The van der Waals surface area contributed by atoms with Crippen molar-refractivity contribution < 1.29 is 14.3 Å². The van der Waals surface area contributed by atoms with E-state index in [0.717, 1.165) is 38.6 Å². The van der Waals surface area contributed by atoms with E-state index in [1.165, 1.54) is 7.11 Å². The van der Waals surface area contributed by atoms with Crippen molar-refractivity contribution in [2.24, 2.45) is 5.73 Å². The molecule has 2 atom stereocenters. The van der Waals surface area contributed by atoms with Gasteiger partial charge in [0.05, 0.1) is 13.7 Å². The molecule has 124 valence electrons. The van der Waals surface area contributed by atoms with Gasteiger partial charge in [0.2, 0.25) is 0 Å². The van der Waals surface area contributed by atoms with E-state index in [1.807, 2.05) is 0 Å². The maximum Gasteiger partial charge on any atom is 0.325 e. The van der Waals surface area contributed by atoms with Crippen molar-refractivity contribution in [2.75, 3.05) is 27.4 Å². The molecule has 1 fully saturated rings. The predicted octanol–water partition coefficient (Wildman–Crippen LogP) is 1.94. The van der Waals surface area contributed by atoms with Crippen LogP contribution in [0.3, 0.4) is 0 Å². The number of esters is 1. The second-order valence-corrected chi connectivity index (χ2v) is 6.10. The highest BCUT2D eigenvalue weighted by molar-refractivity contribution is 5.80. The largest absolute Gasteiger partial charge is 0.468 e. The normalized spacial score (nSPS) is 26.3. The summed E-state index contributed by atoms with van der Waals surface area (Å²) in [5.74, 6) is -0.275. The summed E-state index contributed by atoms with van der Waals surface area (Å²) >= 11 is 0. The van der Waals surface area contributed by atoms with E-state index in [4.69, 9.17) is 15.2 Å². The first-order valence-electron chi connectivity index (χ1n) is 8.14. The van der Waals surface area contributed by atoms with Crippen molar-refractivity contribution in [1.29, 1.82) is 0 Å². The minimum atomic E-state index is -0.824. The molecule has 1 rings (SSSR count). The van der Waals surface area contributed by atoms with Gasteiger partial charge >= 0.3 is 5.97 Å². The fourth-order valence-corrected chi connectivity index (χ4v) is 3.57. The molecule has 2 unspecified atom stereocenters. The van der Waals surface area contributed by atoms with Gasteiger partial charge in [-0.25, -0.2) is 0 Å². The minimum absolute atomic E-state index is 0.275. The first-order valence-corrected chi connectivity index (χ1v) is 8.14. The van der Waals surface area contributed by atoms with E-state index in [9.17, 15) is 4.79 Å². The molecule has 0 spiro atoms. The molecule has 0 amide bonds. The van der Waals surface area contributed by atoms with E-state index in [0.29, 0.717) is 25.1 Å². The van der Waals surface area contributed by atoms with Gasteiger partial charge in [0, 0.05) is 25.7 Å². The Kier molecular flexibility index (Phi) is 7.63. The molecule has 0 bridgehead atoms. The summed E-state index contributed by atoms with van der Waals surface area (Å²) in [6.45, 7) is 6.03. The minimum Gasteiger partial charge on any atom is -0.468 e. The van der Waals surface area contributed by atoms with Crippen LogP contribution in [0.2, 0.25) is 0 Å². The molecule has 0 saturated heterocycles. The molecule has 0 aromatic heterocycles. The number of hydrogen-bond acceptors (Lipinski definition) is 5. The van der Waals surface area contributed by atoms with Crippen molar-refractivity contribution in [2.45, 2.75) is 70.0 Å². The molecule has 2 N–H and O–H groups in total. The number of methoxy groups -OCH3 is 2. The average molecular weight is 300 g/mol. The Bertz CT molecular complexity index is 321. The first kappa shape index (κ1) is 18.4. The van der Waals surface area contributed by atoms with Crippen molar-refractivity contribution in [1.82, 2.24) is 4.90 Å². The first-order chi connectivity index (χ1) is 10.0. The number of hydrogen-bond donors (Lipinski definition) is 1. The number of ether oxygens (including phenoxy) is 2. The van der Waals surface area contributed by atoms with Crippen LogP contribution in [0.15, 0.2) is 0 Å². The third-order valence-electron chi connectivity index (χ3n) is 4.79. The number of nitrogens with two attached hydrogens (primary N) is 1. The molecule has 1 saturated carbocycles. The predicted molar refractivity (Wildman–Crippen MR) is 84.1 cm³/mol. The lowest BCUT2D eigenvalue weighted by Gasteiger charge is -2.44. The van der Waals surface area contributed by atoms with Crippen LogP contribution in [-0.4, -0.2) is 55.9 Å². The number of nitrogens with zero attached hydrogens (tertiary/aromatic N) is 1. The molecule has 0 radical (unpaired) electrons. The molecule has 5 heteroatoms. The standard InChI is InChI=1S/C16H32N2O3/c1-5-13(6-2)18(10-11-20-3)14-8-7-9-16(17,12-14)15(19)21-4/h13-14H,5-12,17H2,1-4H3. The summed E-state index contributed by atoms with van der Waals surface area (Å²) < 4.78 is 10.2. The summed E-state index contributed by atoms with van der Waals surface area (Å²) in [4.78, 5) is 14.5. The summed E-state index contributed by atoms with van der Waals surface area (Å²) in [6, 6.07) is 0.855. The Hall–Kier alpha value is -0.650. The SMILES string of the molecule is CCC(CC)N(CCOC)C1CCCC(N)(C(=O)OC)C1. The Morgan fingerprint density at radius 3 is 2.57 bits per heavy atom. The summed E-state index contributed by atoms with van der Waals surface area (Å²) in [5.41, 5.74) is 5.50. The van der Waals surface area contributed by atoms with Crippen LogP contribution in [0.5, 0.6) is 0 Å². The second kappa shape index (κ2) is 8.71. The van der Waals surface area contributed by atoms with Crippen LogP contribution in [0, 0.1) is 0 Å². The lowest BCUT2D eigenvalue weighted by molar-refractivity contribution is -0.149. The van der Waals surface area contributed by atoms with E-state index in [2.05, 4.69) is 18.7 Å². The summed E-state index contributed by atoms with van der Waals surface area (Å²) in [5, 5.41) is 0. The van der Waals surface area contributed by atoms with Gasteiger partial charge in [0.1, 0.15) is 5.54 Å². The maximum absolute atomic E-state index is 12.0. The van der Waals surface area contributed by atoms with Gasteiger partial charge in [-0.3, -0.25) is 9.69 Å². The van der Waals surface area contributed by atoms with Gasteiger partial charge in [-0.05, 0) is 38.5 Å². The van der Waals surface area contributed by atoms with Gasteiger partial charge < -0.3 is 15.2 Å². The average Bonchev–Trinajstić information content (AvgIpc) is 2.50. The van der Waals surface area contributed by atoms with Gasteiger partial charge in [-0.1, -0.05) is 13.8 Å². The highest BCUT2D eigenvalue weighted by atomic mass is 16.5. The van der Waals surface area contributed by atoms with E-state index in [1.54, 1.807) is 7.11 Å². The molecule has 0 heterocycles. The molecule has 5 nitrogen and oxygen atoms in total. The summed E-state index contributed by atoms with van der Waals surface area (Å²) in [6.07, 6.45) is 5.67. The van der Waals surface area contributed by atoms with Gasteiger partial charge in [0.15, 0.2) is 0 Å². The smallest absolute Gasteiger partial charge is 0.325 e. The quantitative estimate of drug-likeness (QED) is 0.694. The molecule has 0 aromatic rings. The fourth-order valence-electron chi connectivity index (χ4n) is 3.57. The van der Waals surface area contributed by atoms with E-state index >= 15 is 0 Å². The monoisotopic (exact) mass is 300 g/mol. The van der Waals surface area contributed by atoms with Crippen LogP contribution in [0.1, 0.15) is 52.4 Å². The zero-order valence-corrected chi connectivity index (χ0v) is 14.1. The molecule has 21 heavy (non-hydrogen) atoms. The third-order valence-corrected chi connectivity index (χ3v) is 4.79. The maximum atomic E-state index is 12.0. The number of rotatable bonds is 8. The third kappa shape index (κ3) is 4.66. The molecule has 0 aromatic carbocycles.